The SMILES string of the molecule is CC12O[C@@]13CC[C@H]1[C@@H]4CC[C@](C)(O)[C@@]4(C)CC[C@@H]1[C@@]3(C)C[C@@H](C#N)C2=O. The number of carbonyl (C=O) groups excluding carboxylic acids is 1. The molecule has 1 heterocycles. The number of rotatable bonds is 0. The predicted molar refractivity (Wildman–Crippen MR) is 96.0 cm³/mol. The molecule has 0 aromatic heterocycles. The molecule has 1 aliphatic heterocycles. The van der Waals surface area contributed by atoms with E-state index in [1.165, 1.54) is 0 Å². The van der Waals surface area contributed by atoms with Gasteiger partial charge in [-0.05, 0) is 82.0 Å². The molecule has 1 saturated heterocycles. The number of epoxide rings is 1. The zero-order valence-corrected chi connectivity index (χ0v) is 16.5. The predicted octanol–water partition coefficient (Wildman–Crippen LogP) is 3.62. The number of nitrogens with zero attached hydrogens (tertiary/aromatic N) is 1. The van der Waals surface area contributed by atoms with Gasteiger partial charge < -0.3 is 9.84 Å². The quantitative estimate of drug-likeness (QED) is 0.672. The Balaban J connectivity index is 1.55. The molecule has 0 bridgehead atoms. The van der Waals surface area contributed by atoms with E-state index in [1.54, 1.807) is 0 Å². The number of nitriles is 1. The maximum atomic E-state index is 12.8. The Kier molecular flexibility index (Phi) is 3.01. The standard InChI is InChI=1S/C22H31NO3/c1-18-8-6-16-14(15(18)7-9-20(18,3)25)5-10-22-19(16,2)11-13(12-23)17(24)21(22,4)26-22/h13-16,25H,5-11H2,1-4H3/t13-,14-,15-,16-,18-,19+,20-,21?,22+/m0/s1. The van der Waals surface area contributed by atoms with Crippen LogP contribution in [-0.4, -0.2) is 27.7 Å². The van der Waals surface area contributed by atoms with Crippen molar-refractivity contribution < 1.29 is 14.6 Å². The van der Waals surface area contributed by atoms with Gasteiger partial charge in [0.15, 0.2) is 11.4 Å². The molecule has 0 amide bonds. The van der Waals surface area contributed by atoms with Crippen molar-refractivity contribution in [1.82, 2.24) is 0 Å². The van der Waals surface area contributed by atoms with Crippen molar-refractivity contribution in [3.8, 4) is 6.07 Å². The summed E-state index contributed by atoms with van der Waals surface area (Å²) in [5, 5.41) is 20.6. The van der Waals surface area contributed by atoms with Crippen LogP contribution in [0.1, 0.15) is 72.6 Å². The van der Waals surface area contributed by atoms with Crippen LogP contribution in [0.3, 0.4) is 0 Å². The number of ether oxygens (including phenoxy) is 1. The summed E-state index contributed by atoms with van der Waals surface area (Å²) < 4.78 is 6.28. The van der Waals surface area contributed by atoms with Crippen molar-refractivity contribution in [1.29, 1.82) is 5.26 Å². The molecule has 4 heteroatoms. The second-order valence-corrected chi connectivity index (χ2v) is 10.8. The topological polar surface area (TPSA) is 73.6 Å². The minimum atomic E-state index is -0.743. The summed E-state index contributed by atoms with van der Waals surface area (Å²) in [4.78, 5) is 12.8. The van der Waals surface area contributed by atoms with Gasteiger partial charge in [0.1, 0.15) is 11.5 Å². The summed E-state index contributed by atoms with van der Waals surface area (Å²) in [6, 6.07) is 2.28. The Morgan fingerprint density at radius 1 is 1.04 bits per heavy atom. The normalized spacial score (nSPS) is 63.2. The third-order valence-electron chi connectivity index (χ3n) is 10.2. The van der Waals surface area contributed by atoms with E-state index in [2.05, 4.69) is 19.9 Å². The fraction of sp³-hybridized carbons (Fsp3) is 0.909. The van der Waals surface area contributed by atoms with Crippen LogP contribution in [0.5, 0.6) is 0 Å². The summed E-state index contributed by atoms with van der Waals surface area (Å²) in [5.41, 5.74) is -1.76. The van der Waals surface area contributed by atoms with Crippen LogP contribution in [0.15, 0.2) is 0 Å². The number of fused-ring (bicyclic) bond motifs is 4. The van der Waals surface area contributed by atoms with E-state index in [0.29, 0.717) is 24.2 Å². The van der Waals surface area contributed by atoms with Crippen molar-refractivity contribution in [3.63, 3.8) is 0 Å². The Bertz CT molecular complexity index is 740. The fourth-order valence-electron chi connectivity index (χ4n) is 8.47. The molecule has 4 nitrogen and oxygen atoms in total. The summed E-state index contributed by atoms with van der Waals surface area (Å²) >= 11 is 0. The first-order chi connectivity index (χ1) is 12.1. The van der Waals surface area contributed by atoms with Gasteiger partial charge >= 0.3 is 0 Å². The third kappa shape index (κ3) is 1.55. The van der Waals surface area contributed by atoms with Gasteiger partial charge in [-0.15, -0.1) is 0 Å². The third-order valence-corrected chi connectivity index (χ3v) is 10.2. The van der Waals surface area contributed by atoms with Crippen molar-refractivity contribution in [2.75, 3.05) is 0 Å². The fourth-order valence-corrected chi connectivity index (χ4v) is 8.47. The van der Waals surface area contributed by atoms with E-state index in [1.807, 2.05) is 13.8 Å². The van der Waals surface area contributed by atoms with Gasteiger partial charge in [0.2, 0.25) is 0 Å². The number of hydrogen-bond acceptors (Lipinski definition) is 4. The zero-order valence-electron chi connectivity index (χ0n) is 16.5. The first kappa shape index (κ1) is 17.2. The number of ketones is 1. The molecule has 9 atom stereocenters. The Hall–Kier alpha value is -0.920. The largest absolute Gasteiger partial charge is 0.390 e. The highest BCUT2D eigenvalue weighted by molar-refractivity contribution is 5.96. The first-order valence-corrected chi connectivity index (χ1v) is 10.4. The molecule has 0 aromatic rings. The van der Waals surface area contributed by atoms with Gasteiger partial charge in [-0.3, -0.25) is 4.79 Å². The van der Waals surface area contributed by atoms with E-state index in [0.717, 1.165) is 38.5 Å². The molecule has 5 aliphatic rings. The molecule has 5 fully saturated rings. The monoisotopic (exact) mass is 357 g/mol. The number of carbonyl (C=O) groups is 1. The summed E-state index contributed by atoms with van der Waals surface area (Å²) in [6.07, 6.45) is 6.80. The average molecular weight is 357 g/mol. The van der Waals surface area contributed by atoms with E-state index in [-0.39, 0.29) is 22.2 Å². The van der Waals surface area contributed by atoms with E-state index < -0.39 is 17.1 Å². The minimum Gasteiger partial charge on any atom is -0.390 e. The smallest absolute Gasteiger partial charge is 0.184 e. The minimum absolute atomic E-state index is 0.00184. The van der Waals surface area contributed by atoms with Crippen LogP contribution in [0.2, 0.25) is 0 Å². The Morgan fingerprint density at radius 2 is 1.69 bits per heavy atom. The van der Waals surface area contributed by atoms with Gasteiger partial charge in [-0.25, -0.2) is 0 Å². The van der Waals surface area contributed by atoms with Crippen LogP contribution in [0.4, 0.5) is 0 Å². The maximum Gasteiger partial charge on any atom is 0.184 e. The van der Waals surface area contributed by atoms with Crippen molar-refractivity contribution >= 4 is 5.78 Å². The molecule has 1 spiro atoms. The molecule has 0 radical (unpaired) electrons. The van der Waals surface area contributed by atoms with Gasteiger partial charge in [-0.1, -0.05) is 13.8 Å². The molecule has 5 rings (SSSR count). The highest BCUT2D eigenvalue weighted by atomic mass is 16.6. The highest BCUT2D eigenvalue weighted by Crippen LogP contribution is 2.76. The maximum absolute atomic E-state index is 12.8. The van der Waals surface area contributed by atoms with Crippen molar-refractivity contribution in [3.05, 3.63) is 0 Å². The van der Waals surface area contributed by atoms with Gasteiger partial charge in [0, 0.05) is 5.41 Å². The molecule has 0 aromatic carbocycles. The molecule has 1 unspecified atom stereocenters. The summed E-state index contributed by atoms with van der Waals surface area (Å²) in [5.74, 6) is 1.11. The second-order valence-electron chi connectivity index (χ2n) is 10.8. The van der Waals surface area contributed by atoms with Gasteiger partial charge in [0.25, 0.3) is 0 Å². The number of hydrogen-bond donors (Lipinski definition) is 1. The number of aliphatic hydroxyl groups is 1. The second kappa shape index (κ2) is 4.55. The summed E-state index contributed by atoms with van der Waals surface area (Å²) in [6.45, 7) is 8.57. The molecule has 26 heavy (non-hydrogen) atoms. The molecule has 4 saturated carbocycles. The average Bonchev–Trinajstić information content (AvgIpc) is 3.14. The zero-order chi connectivity index (χ0) is 18.8. The Morgan fingerprint density at radius 3 is 2.38 bits per heavy atom. The van der Waals surface area contributed by atoms with Crippen molar-refractivity contribution in [2.45, 2.75) is 89.4 Å². The lowest BCUT2D eigenvalue weighted by molar-refractivity contribution is -0.153. The Labute approximate surface area is 156 Å². The van der Waals surface area contributed by atoms with Crippen LogP contribution in [-0.2, 0) is 9.53 Å². The molecule has 142 valence electrons. The van der Waals surface area contributed by atoms with Gasteiger partial charge in [0.05, 0.1) is 11.7 Å². The van der Waals surface area contributed by atoms with Crippen LogP contribution in [0.25, 0.3) is 0 Å². The summed E-state index contributed by atoms with van der Waals surface area (Å²) in [7, 11) is 0. The van der Waals surface area contributed by atoms with Crippen LogP contribution in [0, 0.1) is 45.8 Å². The lowest BCUT2D eigenvalue weighted by Gasteiger charge is -2.60. The van der Waals surface area contributed by atoms with Crippen molar-refractivity contribution in [2.24, 2.45) is 34.5 Å². The lowest BCUT2D eigenvalue weighted by atomic mass is 9.42. The highest BCUT2D eigenvalue weighted by Gasteiger charge is 2.84. The van der Waals surface area contributed by atoms with E-state index in [4.69, 9.17) is 4.74 Å². The lowest BCUT2D eigenvalue weighted by Crippen LogP contribution is -2.62. The molecule has 1 N–H and O–H groups in total. The first-order valence-electron chi connectivity index (χ1n) is 10.4. The van der Waals surface area contributed by atoms with Gasteiger partial charge in [-0.2, -0.15) is 5.26 Å². The number of Topliss-reactive ketones (excluding diaryl/α,β-unsaturated/α-hetero) is 1. The van der Waals surface area contributed by atoms with Crippen LogP contribution >= 0.6 is 0 Å². The molecular formula is C22H31NO3. The molecular weight excluding hydrogens is 326 g/mol. The van der Waals surface area contributed by atoms with E-state index >= 15 is 0 Å². The van der Waals surface area contributed by atoms with E-state index in [9.17, 15) is 15.2 Å². The molecule has 4 aliphatic carbocycles. The van der Waals surface area contributed by atoms with Crippen LogP contribution < -0.4 is 0 Å².